The van der Waals surface area contributed by atoms with Gasteiger partial charge in [0.15, 0.2) is 0 Å². The quantitative estimate of drug-likeness (QED) is 0.622. The standard InChI is InChI=1S/C7H6F2.C7H8/c1-5-6(8)3-2-4-7(5)9;1-7-5-3-2-4-6-7/h2-4H,1H3;2-6H,1H3. The summed E-state index contributed by atoms with van der Waals surface area (Å²) in [4.78, 5) is 0. The summed E-state index contributed by atoms with van der Waals surface area (Å²) in [6.07, 6.45) is 0. The fourth-order valence-corrected chi connectivity index (χ4v) is 1.12. The van der Waals surface area contributed by atoms with Crippen LogP contribution in [-0.2, 0) is 0 Å². The van der Waals surface area contributed by atoms with Crippen LogP contribution in [0.15, 0.2) is 48.5 Å². The summed E-state index contributed by atoms with van der Waals surface area (Å²) in [6.45, 7) is 3.49. The number of rotatable bonds is 0. The Hall–Kier alpha value is -1.70. The number of hydrogen-bond acceptors (Lipinski definition) is 0. The van der Waals surface area contributed by atoms with Gasteiger partial charge in [-0.3, -0.25) is 0 Å². The third-order valence-corrected chi connectivity index (χ3v) is 2.14. The molecule has 0 bridgehead atoms. The molecule has 0 atom stereocenters. The molecule has 84 valence electrons. The maximum Gasteiger partial charge on any atom is 0.129 e. The van der Waals surface area contributed by atoms with Gasteiger partial charge in [-0.25, -0.2) is 8.78 Å². The van der Waals surface area contributed by atoms with Crippen molar-refractivity contribution in [3.8, 4) is 0 Å². The zero-order valence-electron chi connectivity index (χ0n) is 9.37. The van der Waals surface area contributed by atoms with Crippen LogP contribution in [0.3, 0.4) is 0 Å². The third-order valence-electron chi connectivity index (χ3n) is 2.14. The Morgan fingerprint density at radius 2 is 1.19 bits per heavy atom. The van der Waals surface area contributed by atoms with Gasteiger partial charge in [-0.1, -0.05) is 42.0 Å². The molecule has 0 N–H and O–H groups in total. The molecular weight excluding hydrogens is 206 g/mol. The Bertz CT molecular complexity index is 415. The van der Waals surface area contributed by atoms with Crippen LogP contribution in [0.5, 0.6) is 0 Å². The molecule has 0 radical (unpaired) electrons. The highest BCUT2D eigenvalue weighted by atomic mass is 19.1. The average molecular weight is 220 g/mol. The molecule has 16 heavy (non-hydrogen) atoms. The molecule has 2 rings (SSSR count). The number of benzene rings is 2. The van der Waals surface area contributed by atoms with Crippen molar-refractivity contribution < 1.29 is 8.78 Å². The van der Waals surface area contributed by atoms with E-state index in [0.29, 0.717) is 0 Å². The normalized spacial score (nSPS) is 9.25. The van der Waals surface area contributed by atoms with Crippen LogP contribution in [0.1, 0.15) is 11.1 Å². The fraction of sp³-hybridized carbons (Fsp3) is 0.143. The van der Waals surface area contributed by atoms with Gasteiger partial charge in [-0.05, 0) is 26.0 Å². The van der Waals surface area contributed by atoms with Crippen LogP contribution in [0, 0.1) is 25.5 Å². The molecule has 2 heteroatoms. The van der Waals surface area contributed by atoms with E-state index in [9.17, 15) is 8.78 Å². The van der Waals surface area contributed by atoms with E-state index in [1.54, 1.807) is 0 Å². The summed E-state index contributed by atoms with van der Waals surface area (Å²) in [5.74, 6) is -0.981. The number of hydrogen-bond donors (Lipinski definition) is 0. The Balaban J connectivity index is 0.000000165. The minimum atomic E-state index is -0.491. The predicted octanol–water partition coefficient (Wildman–Crippen LogP) is 4.27. The summed E-state index contributed by atoms with van der Waals surface area (Å²) in [7, 11) is 0. The van der Waals surface area contributed by atoms with Gasteiger partial charge >= 0.3 is 0 Å². The Labute approximate surface area is 94.6 Å². The second-order valence-electron chi connectivity index (χ2n) is 3.50. The zero-order valence-corrected chi connectivity index (χ0v) is 9.37. The van der Waals surface area contributed by atoms with Gasteiger partial charge in [0.2, 0.25) is 0 Å². The summed E-state index contributed by atoms with van der Waals surface area (Å²) in [5, 5.41) is 0. The van der Waals surface area contributed by atoms with Gasteiger partial charge in [-0.2, -0.15) is 0 Å². The summed E-state index contributed by atoms with van der Waals surface area (Å²) < 4.78 is 24.7. The SMILES string of the molecule is Cc1c(F)cccc1F.Cc1ccccc1. The molecule has 2 aromatic carbocycles. The lowest BCUT2D eigenvalue weighted by Gasteiger charge is -1.94. The monoisotopic (exact) mass is 220 g/mol. The molecule has 0 spiro atoms. The molecule has 0 fully saturated rings. The molecule has 0 aliphatic heterocycles. The first-order chi connectivity index (χ1) is 7.61. The molecule has 0 aliphatic rings. The Kier molecular flexibility index (Phi) is 4.65. The topological polar surface area (TPSA) is 0 Å². The van der Waals surface area contributed by atoms with Gasteiger partial charge in [0.25, 0.3) is 0 Å². The van der Waals surface area contributed by atoms with Crippen molar-refractivity contribution in [3.05, 3.63) is 71.3 Å². The van der Waals surface area contributed by atoms with E-state index < -0.39 is 11.6 Å². The van der Waals surface area contributed by atoms with Crippen molar-refractivity contribution in [2.75, 3.05) is 0 Å². The third kappa shape index (κ3) is 3.81. The first kappa shape index (κ1) is 12.4. The van der Waals surface area contributed by atoms with Crippen molar-refractivity contribution >= 4 is 0 Å². The van der Waals surface area contributed by atoms with Crippen molar-refractivity contribution in [1.29, 1.82) is 0 Å². The van der Waals surface area contributed by atoms with Crippen LogP contribution < -0.4 is 0 Å². The Morgan fingerprint density at radius 3 is 1.50 bits per heavy atom. The molecule has 0 amide bonds. The van der Waals surface area contributed by atoms with Crippen LogP contribution >= 0.6 is 0 Å². The minimum Gasteiger partial charge on any atom is -0.207 e. The number of halogens is 2. The highest BCUT2D eigenvalue weighted by Gasteiger charge is 1.99. The lowest BCUT2D eigenvalue weighted by atomic mass is 10.2. The Morgan fingerprint density at radius 1 is 0.688 bits per heavy atom. The fourth-order valence-electron chi connectivity index (χ4n) is 1.12. The van der Waals surface area contributed by atoms with Crippen LogP contribution in [0.4, 0.5) is 8.78 Å². The molecule has 0 nitrogen and oxygen atoms in total. The van der Waals surface area contributed by atoms with Crippen molar-refractivity contribution in [1.82, 2.24) is 0 Å². The molecule has 0 saturated heterocycles. The van der Waals surface area contributed by atoms with Crippen molar-refractivity contribution in [2.24, 2.45) is 0 Å². The molecule has 0 unspecified atom stereocenters. The maximum atomic E-state index is 12.3. The van der Waals surface area contributed by atoms with E-state index in [2.05, 4.69) is 19.1 Å². The van der Waals surface area contributed by atoms with E-state index in [-0.39, 0.29) is 5.56 Å². The first-order valence-electron chi connectivity index (χ1n) is 5.03. The van der Waals surface area contributed by atoms with Crippen molar-refractivity contribution in [2.45, 2.75) is 13.8 Å². The molecule has 0 aliphatic carbocycles. The van der Waals surface area contributed by atoms with E-state index in [1.807, 2.05) is 18.2 Å². The second kappa shape index (κ2) is 6.01. The van der Waals surface area contributed by atoms with Crippen LogP contribution in [0.2, 0.25) is 0 Å². The van der Waals surface area contributed by atoms with Gasteiger partial charge in [0.05, 0.1) is 0 Å². The van der Waals surface area contributed by atoms with Gasteiger partial charge in [0, 0.05) is 5.56 Å². The van der Waals surface area contributed by atoms with Crippen LogP contribution in [-0.4, -0.2) is 0 Å². The maximum absolute atomic E-state index is 12.3. The van der Waals surface area contributed by atoms with E-state index in [0.717, 1.165) is 0 Å². The smallest absolute Gasteiger partial charge is 0.129 e. The largest absolute Gasteiger partial charge is 0.207 e. The second-order valence-corrected chi connectivity index (χ2v) is 3.50. The zero-order chi connectivity index (χ0) is 12.0. The lowest BCUT2D eigenvalue weighted by molar-refractivity contribution is 0.568. The average Bonchev–Trinajstić information content (AvgIpc) is 2.28. The predicted molar refractivity (Wildman–Crippen MR) is 62.3 cm³/mol. The molecule has 0 saturated carbocycles. The molecule has 2 aromatic rings. The van der Waals surface area contributed by atoms with E-state index in [1.165, 1.54) is 30.7 Å². The summed E-state index contributed by atoms with van der Waals surface area (Å²) in [6, 6.07) is 14.1. The highest BCUT2D eigenvalue weighted by molar-refractivity contribution is 5.17. The van der Waals surface area contributed by atoms with E-state index in [4.69, 9.17) is 0 Å². The van der Waals surface area contributed by atoms with Gasteiger partial charge < -0.3 is 0 Å². The summed E-state index contributed by atoms with van der Waals surface area (Å²) in [5.41, 5.74) is 1.40. The van der Waals surface area contributed by atoms with Crippen molar-refractivity contribution in [3.63, 3.8) is 0 Å². The molecular formula is C14H14F2. The minimum absolute atomic E-state index is 0.0810. The first-order valence-corrected chi connectivity index (χ1v) is 5.03. The van der Waals surface area contributed by atoms with Gasteiger partial charge in [-0.15, -0.1) is 0 Å². The number of aryl methyl sites for hydroxylation is 1. The highest BCUT2D eigenvalue weighted by Crippen LogP contribution is 2.08. The lowest BCUT2D eigenvalue weighted by Crippen LogP contribution is -1.85. The van der Waals surface area contributed by atoms with Crippen LogP contribution in [0.25, 0.3) is 0 Å². The molecule has 0 heterocycles. The van der Waals surface area contributed by atoms with E-state index >= 15 is 0 Å². The molecule has 0 aromatic heterocycles. The van der Waals surface area contributed by atoms with Gasteiger partial charge in [0.1, 0.15) is 11.6 Å². The summed E-state index contributed by atoms with van der Waals surface area (Å²) >= 11 is 0.